The number of hydrogen-bond acceptors (Lipinski definition) is 3. The molecule has 1 aromatic rings. The highest BCUT2D eigenvalue weighted by Gasteiger charge is 2.00. The predicted molar refractivity (Wildman–Crippen MR) is 189 cm³/mol. The lowest BCUT2D eigenvalue weighted by Crippen LogP contribution is -2.16. The summed E-state index contributed by atoms with van der Waals surface area (Å²) >= 11 is 0. The van der Waals surface area contributed by atoms with Crippen LogP contribution in [0, 0.1) is 0 Å². The first-order chi connectivity index (χ1) is 21.2. The molecular formula is C39H70N2O2. The number of carbonyl (C=O) groups excluding carboxylic acids is 1. The van der Waals surface area contributed by atoms with Crippen LogP contribution in [0.15, 0.2) is 48.7 Å². The van der Waals surface area contributed by atoms with E-state index in [1.165, 1.54) is 135 Å². The summed E-state index contributed by atoms with van der Waals surface area (Å²) in [5.74, 6) is 0.552. The summed E-state index contributed by atoms with van der Waals surface area (Å²) in [7, 11) is 0. The Morgan fingerprint density at radius 2 is 1.12 bits per heavy atom. The fourth-order valence-corrected chi connectivity index (χ4v) is 5.17. The highest BCUT2D eigenvalue weighted by atomic mass is 16.3. The number of amides is 1. The van der Waals surface area contributed by atoms with E-state index in [1.54, 1.807) is 18.3 Å². The van der Waals surface area contributed by atoms with Crippen LogP contribution in [-0.2, 0) is 11.2 Å². The zero-order valence-electron chi connectivity index (χ0n) is 28.4. The van der Waals surface area contributed by atoms with Crippen molar-refractivity contribution in [1.29, 1.82) is 0 Å². The third-order valence-corrected chi connectivity index (χ3v) is 7.96. The second-order valence-electron chi connectivity index (χ2n) is 12.1. The summed E-state index contributed by atoms with van der Waals surface area (Å²) in [6.45, 7) is 5.00. The van der Waals surface area contributed by atoms with Gasteiger partial charge in [-0.3, -0.25) is 4.79 Å². The molecule has 1 aromatic carbocycles. The summed E-state index contributed by atoms with van der Waals surface area (Å²) in [6, 6.07) is 7.71. The molecule has 248 valence electrons. The molecule has 0 aliphatic heterocycles. The minimum atomic E-state index is 0.0947. The predicted octanol–water partition coefficient (Wildman–Crippen LogP) is 11.5. The van der Waals surface area contributed by atoms with Gasteiger partial charge < -0.3 is 16.2 Å². The first-order valence-corrected chi connectivity index (χ1v) is 18.2. The Bertz CT molecular complexity index is 774. The van der Waals surface area contributed by atoms with Crippen LogP contribution in [-0.4, -0.2) is 17.6 Å². The molecule has 4 N–H and O–H groups in total. The summed E-state index contributed by atoms with van der Waals surface area (Å²) in [5, 5.41) is 12.4. The Morgan fingerprint density at radius 1 is 0.651 bits per heavy atom. The van der Waals surface area contributed by atoms with E-state index in [4.69, 9.17) is 5.73 Å². The lowest BCUT2D eigenvalue weighted by atomic mass is 10.0. The standard InChI is InChI=1S/C21H40N2O.C18H30O/c1-2-3-4-5-6-7-8-9-10-11-12-13-14-15-16-18-21(24)23-20-17-19-22;1-2-3-4-5-6-7-8-9-10-11-14-17-15-12-13-16-18(17)19/h9-10,17,20H,2-8,11-16,18-19,22H2,1H3,(H,23,24);12-13,15-16,19H,2-11,14H2,1H3. The average Bonchev–Trinajstić information content (AvgIpc) is 3.01. The zero-order valence-corrected chi connectivity index (χ0v) is 28.4. The highest BCUT2D eigenvalue weighted by molar-refractivity contribution is 5.76. The number of phenols is 1. The van der Waals surface area contributed by atoms with Crippen molar-refractivity contribution in [3.05, 3.63) is 54.3 Å². The van der Waals surface area contributed by atoms with Gasteiger partial charge in [0.1, 0.15) is 5.75 Å². The number of nitrogens with one attached hydrogen (secondary N) is 1. The van der Waals surface area contributed by atoms with E-state index in [9.17, 15) is 9.90 Å². The van der Waals surface area contributed by atoms with Crippen molar-refractivity contribution >= 4 is 5.91 Å². The Balaban J connectivity index is 0.000000841. The van der Waals surface area contributed by atoms with Gasteiger partial charge in [0.2, 0.25) is 5.91 Å². The smallest absolute Gasteiger partial charge is 0.223 e. The minimum absolute atomic E-state index is 0.0947. The third kappa shape index (κ3) is 31.2. The zero-order chi connectivity index (χ0) is 31.5. The molecule has 0 aromatic heterocycles. The van der Waals surface area contributed by atoms with Crippen molar-refractivity contribution in [3.8, 4) is 5.75 Å². The molecule has 0 saturated heterocycles. The number of hydrogen-bond donors (Lipinski definition) is 3. The summed E-state index contributed by atoms with van der Waals surface area (Å²) in [4.78, 5) is 11.4. The summed E-state index contributed by atoms with van der Waals surface area (Å²) < 4.78 is 0. The van der Waals surface area contributed by atoms with Gasteiger partial charge in [-0.05, 0) is 56.6 Å². The van der Waals surface area contributed by atoms with Crippen molar-refractivity contribution in [2.75, 3.05) is 6.54 Å². The van der Waals surface area contributed by atoms with E-state index in [0.717, 1.165) is 24.8 Å². The van der Waals surface area contributed by atoms with E-state index in [1.807, 2.05) is 18.2 Å². The number of rotatable bonds is 28. The number of unbranched alkanes of at least 4 members (excludes halogenated alkanes) is 20. The van der Waals surface area contributed by atoms with E-state index in [2.05, 4.69) is 31.3 Å². The molecule has 1 rings (SSSR count). The molecule has 4 nitrogen and oxygen atoms in total. The Labute approximate surface area is 267 Å². The van der Waals surface area contributed by atoms with E-state index in [-0.39, 0.29) is 5.91 Å². The quantitative estimate of drug-likeness (QED) is 0.0663. The van der Waals surface area contributed by atoms with Gasteiger partial charge in [0.05, 0.1) is 0 Å². The Kier molecular flexibility index (Phi) is 32.8. The van der Waals surface area contributed by atoms with Crippen LogP contribution in [0.1, 0.15) is 174 Å². The first-order valence-electron chi connectivity index (χ1n) is 18.2. The molecule has 4 heteroatoms. The number of phenolic OH excluding ortho intramolecular Hbond substituents is 1. The molecule has 0 fully saturated rings. The van der Waals surface area contributed by atoms with Crippen LogP contribution >= 0.6 is 0 Å². The van der Waals surface area contributed by atoms with Crippen LogP contribution in [0.25, 0.3) is 0 Å². The maximum atomic E-state index is 11.4. The van der Waals surface area contributed by atoms with Gasteiger partial charge in [-0.25, -0.2) is 0 Å². The molecule has 0 radical (unpaired) electrons. The number of aromatic hydroxyl groups is 1. The van der Waals surface area contributed by atoms with Crippen molar-refractivity contribution in [2.45, 2.75) is 174 Å². The van der Waals surface area contributed by atoms with Crippen molar-refractivity contribution in [2.24, 2.45) is 5.73 Å². The van der Waals surface area contributed by atoms with Crippen LogP contribution in [0.3, 0.4) is 0 Å². The van der Waals surface area contributed by atoms with Gasteiger partial charge in [-0.1, -0.05) is 159 Å². The number of aryl methyl sites for hydroxylation is 1. The van der Waals surface area contributed by atoms with Crippen LogP contribution in [0.2, 0.25) is 0 Å². The van der Waals surface area contributed by atoms with Gasteiger partial charge in [0.25, 0.3) is 0 Å². The SMILES string of the molecule is CCCCCCCCC=CCCCCCCCC(=O)NC=CCN.CCCCCCCCCCCCc1ccccc1O. The van der Waals surface area contributed by atoms with Gasteiger partial charge in [-0.15, -0.1) is 0 Å². The number of nitrogens with two attached hydrogens (primary N) is 1. The molecule has 0 aliphatic rings. The second kappa shape index (κ2) is 34.4. The van der Waals surface area contributed by atoms with Crippen molar-refractivity contribution in [3.63, 3.8) is 0 Å². The fraction of sp³-hybridized carbons (Fsp3) is 0.718. The molecule has 0 heterocycles. The molecule has 0 saturated carbocycles. The molecule has 1 amide bonds. The average molecular weight is 599 g/mol. The van der Waals surface area contributed by atoms with Crippen LogP contribution < -0.4 is 11.1 Å². The molecule has 0 atom stereocenters. The number of allylic oxidation sites excluding steroid dienone is 2. The first kappa shape index (κ1) is 40.9. The number of para-hydroxylation sites is 1. The normalized spacial score (nSPS) is 11.2. The Hall–Kier alpha value is -2.07. The van der Waals surface area contributed by atoms with Crippen molar-refractivity contribution in [1.82, 2.24) is 5.32 Å². The number of benzene rings is 1. The second-order valence-corrected chi connectivity index (χ2v) is 12.1. The lowest BCUT2D eigenvalue weighted by molar-refractivity contribution is -0.120. The van der Waals surface area contributed by atoms with Gasteiger partial charge in [-0.2, -0.15) is 0 Å². The van der Waals surface area contributed by atoms with Gasteiger partial charge in [0, 0.05) is 19.2 Å². The van der Waals surface area contributed by atoms with Crippen LogP contribution in [0.4, 0.5) is 0 Å². The monoisotopic (exact) mass is 599 g/mol. The van der Waals surface area contributed by atoms with E-state index >= 15 is 0 Å². The molecule has 0 spiro atoms. The van der Waals surface area contributed by atoms with E-state index in [0.29, 0.717) is 18.7 Å². The van der Waals surface area contributed by atoms with E-state index < -0.39 is 0 Å². The van der Waals surface area contributed by atoms with Crippen LogP contribution in [0.5, 0.6) is 5.75 Å². The Morgan fingerprint density at radius 3 is 1.63 bits per heavy atom. The molecule has 0 aliphatic carbocycles. The largest absolute Gasteiger partial charge is 0.508 e. The molecule has 0 unspecified atom stereocenters. The lowest BCUT2D eigenvalue weighted by Gasteiger charge is -2.04. The van der Waals surface area contributed by atoms with Gasteiger partial charge in [0.15, 0.2) is 0 Å². The van der Waals surface area contributed by atoms with Gasteiger partial charge >= 0.3 is 0 Å². The maximum Gasteiger partial charge on any atom is 0.223 e. The fourth-order valence-electron chi connectivity index (χ4n) is 5.17. The summed E-state index contributed by atoms with van der Waals surface area (Å²) in [5.41, 5.74) is 6.41. The minimum Gasteiger partial charge on any atom is -0.508 e. The molecule has 0 bridgehead atoms. The highest BCUT2D eigenvalue weighted by Crippen LogP contribution is 2.19. The van der Waals surface area contributed by atoms with Crippen molar-refractivity contribution < 1.29 is 9.90 Å². The maximum absolute atomic E-state index is 11.4. The molecule has 43 heavy (non-hydrogen) atoms. The number of carbonyl (C=O) groups is 1. The topological polar surface area (TPSA) is 75.4 Å². The summed E-state index contributed by atoms with van der Waals surface area (Å²) in [6.07, 6.45) is 40.0. The molecular weight excluding hydrogens is 528 g/mol. The third-order valence-electron chi connectivity index (χ3n) is 7.96.